The molecular formula is C17H23N5O2. The minimum atomic E-state index is -0.201. The average Bonchev–Trinajstić information content (AvgIpc) is 3.22. The summed E-state index contributed by atoms with van der Waals surface area (Å²) in [6.07, 6.45) is 2.87. The van der Waals surface area contributed by atoms with Crippen molar-refractivity contribution in [2.24, 2.45) is 0 Å². The molecule has 0 bridgehead atoms. The van der Waals surface area contributed by atoms with E-state index in [4.69, 9.17) is 4.74 Å². The Labute approximate surface area is 141 Å². The second kappa shape index (κ2) is 7.33. The normalized spacial score (nSPS) is 14.1. The summed E-state index contributed by atoms with van der Waals surface area (Å²) in [5.41, 5.74) is 1.05. The molecule has 1 aromatic heterocycles. The molecule has 1 unspecified atom stereocenters. The highest BCUT2D eigenvalue weighted by Crippen LogP contribution is 2.20. The first-order chi connectivity index (χ1) is 11.7. The SMILES string of the molecule is CCC(NC(=O)NCc1nnc2n1CCC2)c1ccc(OC)cc1. The van der Waals surface area contributed by atoms with Gasteiger partial charge in [-0.25, -0.2) is 4.79 Å². The first kappa shape index (κ1) is 16.3. The topological polar surface area (TPSA) is 81.1 Å². The summed E-state index contributed by atoms with van der Waals surface area (Å²) in [5, 5.41) is 14.2. The van der Waals surface area contributed by atoms with Crippen molar-refractivity contribution in [1.29, 1.82) is 0 Å². The number of hydrogen-bond donors (Lipinski definition) is 2. The molecule has 1 atom stereocenters. The summed E-state index contributed by atoms with van der Waals surface area (Å²) in [4.78, 5) is 12.2. The van der Waals surface area contributed by atoms with E-state index in [-0.39, 0.29) is 12.1 Å². The Morgan fingerprint density at radius 3 is 2.83 bits per heavy atom. The quantitative estimate of drug-likeness (QED) is 0.851. The van der Waals surface area contributed by atoms with E-state index in [0.29, 0.717) is 6.54 Å². The number of carbonyl (C=O) groups excluding carboxylic acids is 1. The Balaban J connectivity index is 1.56. The lowest BCUT2D eigenvalue weighted by Crippen LogP contribution is -2.38. The number of methoxy groups -OCH3 is 1. The smallest absolute Gasteiger partial charge is 0.315 e. The maximum atomic E-state index is 12.2. The summed E-state index contributed by atoms with van der Waals surface area (Å²) in [5.74, 6) is 2.63. The number of rotatable bonds is 6. The summed E-state index contributed by atoms with van der Waals surface area (Å²) < 4.78 is 7.25. The minimum Gasteiger partial charge on any atom is -0.497 e. The van der Waals surface area contributed by atoms with Crippen LogP contribution in [-0.2, 0) is 19.5 Å². The zero-order valence-corrected chi connectivity index (χ0v) is 14.1. The van der Waals surface area contributed by atoms with Crippen molar-refractivity contribution in [2.45, 2.75) is 45.3 Å². The molecular weight excluding hydrogens is 306 g/mol. The number of nitrogens with one attached hydrogen (secondary N) is 2. The standard InChI is InChI=1S/C17H23N5O2/c1-3-14(12-6-8-13(24-2)9-7-12)19-17(23)18-11-16-21-20-15-5-4-10-22(15)16/h6-9,14H,3-5,10-11H2,1-2H3,(H2,18,19,23). The van der Waals surface area contributed by atoms with Gasteiger partial charge in [-0.2, -0.15) is 0 Å². The van der Waals surface area contributed by atoms with Crippen molar-refractivity contribution in [2.75, 3.05) is 7.11 Å². The van der Waals surface area contributed by atoms with Crippen molar-refractivity contribution in [3.63, 3.8) is 0 Å². The van der Waals surface area contributed by atoms with Gasteiger partial charge in [0.05, 0.1) is 19.7 Å². The summed E-state index contributed by atoms with van der Waals surface area (Å²) in [7, 11) is 1.64. The molecule has 7 nitrogen and oxygen atoms in total. The van der Waals surface area contributed by atoms with Crippen molar-refractivity contribution in [3.8, 4) is 5.75 Å². The van der Waals surface area contributed by atoms with Gasteiger partial charge in [0, 0.05) is 13.0 Å². The molecule has 2 N–H and O–H groups in total. The Bertz CT molecular complexity index is 696. The number of hydrogen-bond acceptors (Lipinski definition) is 4. The van der Waals surface area contributed by atoms with Crippen molar-refractivity contribution in [3.05, 3.63) is 41.5 Å². The van der Waals surface area contributed by atoms with Crippen LogP contribution in [0.3, 0.4) is 0 Å². The highest BCUT2D eigenvalue weighted by Gasteiger charge is 2.18. The second-order valence-corrected chi connectivity index (χ2v) is 5.85. The number of benzene rings is 1. The number of fused-ring (bicyclic) bond motifs is 1. The number of carbonyl (C=O) groups is 1. The third-order valence-corrected chi connectivity index (χ3v) is 4.32. The minimum absolute atomic E-state index is 0.0416. The van der Waals surface area contributed by atoms with Crippen LogP contribution in [0.25, 0.3) is 0 Å². The number of ether oxygens (including phenoxy) is 1. The monoisotopic (exact) mass is 329 g/mol. The highest BCUT2D eigenvalue weighted by molar-refractivity contribution is 5.74. The van der Waals surface area contributed by atoms with Gasteiger partial charge in [0.1, 0.15) is 11.6 Å². The molecule has 128 valence electrons. The fraction of sp³-hybridized carbons (Fsp3) is 0.471. The largest absolute Gasteiger partial charge is 0.497 e. The summed E-state index contributed by atoms with van der Waals surface area (Å²) in [6, 6.07) is 7.50. The Hall–Kier alpha value is -2.57. The molecule has 2 heterocycles. The Morgan fingerprint density at radius 2 is 2.12 bits per heavy atom. The second-order valence-electron chi connectivity index (χ2n) is 5.85. The fourth-order valence-corrected chi connectivity index (χ4v) is 2.97. The van der Waals surface area contributed by atoms with E-state index in [9.17, 15) is 4.79 Å². The first-order valence-electron chi connectivity index (χ1n) is 8.30. The highest BCUT2D eigenvalue weighted by atomic mass is 16.5. The molecule has 24 heavy (non-hydrogen) atoms. The molecule has 0 saturated carbocycles. The lowest BCUT2D eigenvalue weighted by molar-refractivity contribution is 0.236. The molecule has 0 aliphatic carbocycles. The lowest BCUT2D eigenvalue weighted by Gasteiger charge is -2.18. The molecule has 0 fully saturated rings. The van der Waals surface area contributed by atoms with Gasteiger partial charge in [0.2, 0.25) is 0 Å². The van der Waals surface area contributed by atoms with Crippen molar-refractivity contribution < 1.29 is 9.53 Å². The van der Waals surface area contributed by atoms with Crippen LogP contribution in [0, 0.1) is 0 Å². The number of urea groups is 1. The van der Waals surface area contributed by atoms with Crippen LogP contribution < -0.4 is 15.4 Å². The maximum Gasteiger partial charge on any atom is 0.315 e. The van der Waals surface area contributed by atoms with Crippen LogP contribution in [0.5, 0.6) is 5.75 Å². The molecule has 2 amide bonds. The molecule has 0 radical (unpaired) electrons. The zero-order valence-electron chi connectivity index (χ0n) is 14.1. The molecule has 1 aromatic carbocycles. The molecule has 1 aliphatic heterocycles. The van der Waals surface area contributed by atoms with Gasteiger partial charge in [-0.1, -0.05) is 19.1 Å². The predicted molar refractivity (Wildman–Crippen MR) is 89.7 cm³/mol. The van der Waals surface area contributed by atoms with Crippen LogP contribution >= 0.6 is 0 Å². The van der Waals surface area contributed by atoms with Gasteiger partial charge < -0.3 is 19.9 Å². The maximum absolute atomic E-state index is 12.2. The van der Waals surface area contributed by atoms with Gasteiger partial charge in [-0.05, 0) is 30.5 Å². The predicted octanol–water partition coefficient (Wildman–Crippen LogP) is 2.18. The molecule has 1 aliphatic rings. The number of aryl methyl sites for hydroxylation is 1. The molecule has 0 spiro atoms. The van der Waals surface area contributed by atoms with Gasteiger partial charge in [-0.3, -0.25) is 0 Å². The van der Waals surface area contributed by atoms with Crippen molar-refractivity contribution in [1.82, 2.24) is 25.4 Å². The van der Waals surface area contributed by atoms with Crippen LogP contribution in [0.1, 0.15) is 43.0 Å². The molecule has 7 heteroatoms. The van der Waals surface area contributed by atoms with Crippen molar-refractivity contribution >= 4 is 6.03 Å². The van der Waals surface area contributed by atoms with E-state index in [1.807, 2.05) is 31.2 Å². The zero-order chi connectivity index (χ0) is 16.9. The third-order valence-electron chi connectivity index (χ3n) is 4.32. The van der Waals surface area contributed by atoms with E-state index in [0.717, 1.165) is 48.8 Å². The lowest BCUT2D eigenvalue weighted by atomic mass is 10.0. The van der Waals surface area contributed by atoms with Gasteiger partial charge >= 0.3 is 6.03 Å². The van der Waals surface area contributed by atoms with E-state index < -0.39 is 0 Å². The van der Waals surface area contributed by atoms with Crippen LogP contribution in [0.4, 0.5) is 4.79 Å². The fourth-order valence-electron chi connectivity index (χ4n) is 2.97. The van der Waals surface area contributed by atoms with Gasteiger partial charge in [0.25, 0.3) is 0 Å². The van der Waals surface area contributed by atoms with E-state index in [1.54, 1.807) is 7.11 Å². The number of aromatic nitrogens is 3. The number of amides is 2. The van der Waals surface area contributed by atoms with E-state index in [2.05, 4.69) is 25.4 Å². The third kappa shape index (κ3) is 3.50. The van der Waals surface area contributed by atoms with Crippen LogP contribution in [0.2, 0.25) is 0 Å². The summed E-state index contributed by atoms with van der Waals surface area (Å²) in [6.45, 7) is 3.36. The molecule has 2 aromatic rings. The molecule has 3 rings (SSSR count). The molecule has 0 saturated heterocycles. The van der Waals surface area contributed by atoms with Crippen LogP contribution in [-0.4, -0.2) is 27.9 Å². The Kier molecular flexibility index (Phi) is 4.98. The number of nitrogens with zero attached hydrogens (tertiary/aromatic N) is 3. The average molecular weight is 329 g/mol. The van der Waals surface area contributed by atoms with Crippen LogP contribution in [0.15, 0.2) is 24.3 Å². The summed E-state index contributed by atoms with van der Waals surface area (Å²) >= 11 is 0. The first-order valence-corrected chi connectivity index (χ1v) is 8.30. The van der Waals surface area contributed by atoms with Gasteiger partial charge in [-0.15, -0.1) is 10.2 Å². The van der Waals surface area contributed by atoms with Gasteiger partial charge in [0.15, 0.2) is 5.82 Å². The Morgan fingerprint density at radius 1 is 1.33 bits per heavy atom. The van der Waals surface area contributed by atoms with E-state index in [1.165, 1.54) is 0 Å². The van der Waals surface area contributed by atoms with E-state index >= 15 is 0 Å².